The molecule has 2 aromatic carbocycles. The van der Waals surface area contributed by atoms with E-state index in [9.17, 15) is 23.5 Å². The second kappa shape index (κ2) is 9.30. The summed E-state index contributed by atoms with van der Waals surface area (Å²) in [4.78, 5) is 37.3. The van der Waals surface area contributed by atoms with E-state index in [4.69, 9.17) is 9.47 Å². The molecule has 2 aromatic heterocycles. The Hall–Kier alpha value is -4.28. The van der Waals surface area contributed by atoms with Crippen LogP contribution in [0.15, 0.2) is 41.5 Å². The van der Waals surface area contributed by atoms with Crippen molar-refractivity contribution < 1.29 is 28.2 Å². The van der Waals surface area contributed by atoms with Gasteiger partial charge in [-0.1, -0.05) is 13.0 Å². The van der Waals surface area contributed by atoms with Crippen molar-refractivity contribution >= 4 is 17.1 Å². The Balaban J connectivity index is 1.79. The standard InChI is InChI=1S/C23H20F2N4O5/c1-3-15(23(31)32)34-17-9-12(7-14(24)18(17)25)11-5-6-13(16(8-11)33-4-2)20-28-21-19(22(30)29-20)26-10-27-21/h5-10,15H,3-4H2,1-2H3,(H,31,32)(H2,26,27,28,29,30)/t15-/m1/s1. The van der Waals surface area contributed by atoms with Crippen LogP contribution in [0.5, 0.6) is 11.5 Å². The van der Waals surface area contributed by atoms with Crippen molar-refractivity contribution in [2.45, 2.75) is 26.4 Å². The van der Waals surface area contributed by atoms with Crippen molar-refractivity contribution in [1.29, 1.82) is 0 Å². The molecule has 0 aliphatic rings. The number of rotatable bonds is 8. The number of benzene rings is 2. The second-order valence-electron chi connectivity index (χ2n) is 7.28. The Kier molecular flexibility index (Phi) is 6.26. The van der Waals surface area contributed by atoms with Crippen LogP contribution >= 0.6 is 0 Å². The predicted molar refractivity (Wildman–Crippen MR) is 119 cm³/mol. The maximum absolute atomic E-state index is 14.3. The minimum Gasteiger partial charge on any atom is -0.493 e. The van der Waals surface area contributed by atoms with Gasteiger partial charge in [-0.2, -0.15) is 4.39 Å². The number of ether oxygens (including phenoxy) is 2. The molecule has 0 unspecified atom stereocenters. The number of hydrogen-bond donors (Lipinski definition) is 3. The third-order valence-corrected chi connectivity index (χ3v) is 5.08. The summed E-state index contributed by atoms with van der Waals surface area (Å²) in [6.07, 6.45) is 0.0970. The molecule has 0 saturated heterocycles. The molecule has 0 amide bonds. The van der Waals surface area contributed by atoms with Crippen LogP contribution in [-0.2, 0) is 4.79 Å². The number of aromatic nitrogens is 4. The lowest BCUT2D eigenvalue weighted by Crippen LogP contribution is -2.26. The Morgan fingerprint density at radius 2 is 1.91 bits per heavy atom. The lowest BCUT2D eigenvalue weighted by atomic mass is 10.0. The van der Waals surface area contributed by atoms with E-state index in [0.717, 1.165) is 6.07 Å². The van der Waals surface area contributed by atoms with Gasteiger partial charge in [0.15, 0.2) is 28.8 Å². The van der Waals surface area contributed by atoms with Crippen molar-refractivity contribution in [2.24, 2.45) is 0 Å². The first-order chi connectivity index (χ1) is 16.3. The fourth-order valence-electron chi connectivity index (χ4n) is 3.42. The van der Waals surface area contributed by atoms with Crippen LogP contribution in [-0.4, -0.2) is 43.7 Å². The Morgan fingerprint density at radius 3 is 2.62 bits per heavy atom. The van der Waals surface area contributed by atoms with Gasteiger partial charge in [-0.15, -0.1) is 0 Å². The summed E-state index contributed by atoms with van der Waals surface area (Å²) in [5, 5.41) is 9.19. The average Bonchev–Trinajstić information content (AvgIpc) is 3.29. The van der Waals surface area contributed by atoms with Gasteiger partial charge in [-0.05, 0) is 48.7 Å². The number of nitrogens with zero attached hydrogens (tertiary/aromatic N) is 2. The van der Waals surface area contributed by atoms with E-state index in [2.05, 4.69) is 19.9 Å². The predicted octanol–water partition coefficient (Wildman–Crippen LogP) is 3.90. The van der Waals surface area contributed by atoms with Crippen LogP contribution < -0.4 is 15.0 Å². The molecule has 0 saturated carbocycles. The Bertz CT molecular complexity index is 1430. The highest BCUT2D eigenvalue weighted by Crippen LogP contribution is 2.35. The molecule has 1 atom stereocenters. The van der Waals surface area contributed by atoms with E-state index in [1.54, 1.807) is 32.0 Å². The molecule has 0 spiro atoms. The number of fused-ring (bicyclic) bond motifs is 1. The topological polar surface area (TPSA) is 130 Å². The molecule has 4 aromatic rings. The molecular weight excluding hydrogens is 450 g/mol. The largest absolute Gasteiger partial charge is 0.493 e. The lowest BCUT2D eigenvalue weighted by molar-refractivity contribution is -0.145. The fraction of sp³-hybridized carbons (Fsp3) is 0.217. The van der Waals surface area contributed by atoms with Gasteiger partial charge in [0, 0.05) is 0 Å². The van der Waals surface area contributed by atoms with Crippen LogP contribution in [0, 0.1) is 11.6 Å². The molecule has 4 rings (SSSR count). The summed E-state index contributed by atoms with van der Waals surface area (Å²) in [6, 6.07) is 7.01. The van der Waals surface area contributed by atoms with Crippen LogP contribution in [0.2, 0.25) is 0 Å². The van der Waals surface area contributed by atoms with Crippen LogP contribution in [0.3, 0.4) is 0 Å². The molecule has 11 heteroatoms. The third kappa shape index (κ3) is 4.32. The fourth-order valence-corrected chi connectivity index (χ4v) is 3.42. The van der Waals surface area contributed by atoms with Crippen molar-refractivity contribution in [2.75, 3.05) is 6.61 Å². The highest BCUT2D eigenvalue weighted by atomic mass is 19.2. The molecule has 9 nitrogen and oxygen atoms in total. The second-order valence-corrected chi connectivity index (χ2v) is 7.28. The van der Waals surface area contributed by atoms with Gasteiger partial charge in [0.1, 0.15) is 11.6 Å². The minimum atomic E-state index is -1.33. The van der Waals surface area contributed by atoms with Gasteiger partial charge in [-0.3, -0.25) is 4.79 Å². The Labute approximate surface area is 191 Å². The number of imidazole rings is 1. The smallest absolute Gasteiger partial charge is 0.344 e. The summed E-state index contributed by atoms with van der Waals surface area (Å²) in [5.41, 5.74) is 1.21. The van der Waals surface area contributed by atoms with Crippen molar-refractivity contribution in [3.8, 4) is 34.0 Å². The SMILES string of the molecule is CCOc1cc(-c2cc(F)c(F)c(O[C@H](CC)C(=O)O)c2)ccc1-c1nc2nc[nH]c2c(=O)[nH]1. The minimum absolute atomic E-state index is 0.0648. The molecule has 3 N–H and O–H groups in total. The molecule has 0 radical (unpaired) electrons. The van der Waals surface area contributed by atoms with Gasteiger partial charge in [-0.25, -0.2) is 19.2 Å². The zero-order valence-electron chi connectivity index (χ0n) is 18.2. The van der Waals surface area contributed by atoms with E-state index in [0.29, 0.717) is 16.9 Å². The number of carboxylic acid groups (broad SMARTS) is 1. The highest BCUT2D eigenvalue weighted by molar-refractivity contribution is 5.77. The number of hydrogen-bond acceptors (Lipinski definition) is 6. The van der Waals surface area contributed by atoms with E-state index in [-0.39, 0.29) is 35.6 Å². The van der Waals surface area contributed by atoms with E-state index < -0.39 is 35.0 Å². The number of carbonyl (C=O) groups is 1. The molecular formula is C23H20F2N4O5. The monoisotopic (exact) mass is 470 g/mol. The van der Waals surface area contributed by atoms with Gasteiger partial charge in [0.05, 0.1) is 18.5 Å². The summed E-state index contributed by atoms with van der Waals surface area (Å²) in [7, 11) is 0. The Morgan fingerprint density at radius 1 is 1.15 bits per heavy atom. The van der Waals surface area contributed by atoms with E-state index in [1.165, 1.54) is 12.4 Å². The van der Waals surface area contributed by atoms with Crippen LogP contribution in [0.1, 0.15) is 20.3 Å². The third-order valence-electron chi connectivity index (χ3n) is 5.08. The average molecular weight is 470 g/mol. The summed E-state index contributed by atoms with van der Waals surface area (Å²) < 4.78 is 39.6. The first kappa shape index (κ1) is 22.9. The van der Waals surface area contributed by atoms with Crippen molar-refractivity contribution in [3.05, 3.63) is 58.6 Å². The summed E-state index contributed by atoms with van der Waals surface area (Å²) in [6.45, 7) is 3.61. The molecule has 0 bridgehead atoms. The molecule has 2 heterocycles. The first-order valence-corrected chi connectivity index (χ1v) is 10.4. The zero-order chi connectivity index (χ0) is 24.4. The lowest BCUT2D eigenvalue weighted by Gasteiger charge is -2.16. The number of aromatic amines is 2. The molecule has 34 heavy (non-hydrogen) atoms. The number of aliphatic carboxylic acids is 1. The first-order valence-electron chi connectivity index (χ1n) is 10.4. The molecule has 0 aliphatic carbocycles. The van der Waals surface area contributed by atoms with Crippen LogP contribution in [0.25, 0.3) is 33.7 Å². The molecule has 0 fully saturated rings. The molecule has 0 aliphatic heterocycles. The summed E-state index contributed by atoms with van der Waals surface area (Å²) >= 11 is 0. The van der Waals surface area contributed by atoms with Gasteiger partial charge in [0.25, 0.3) is 5.56 Å². The van der Waals surface area contributed by atoms with Crippen molar-refractivity contribution in [1.82, 2.24) is 19.9 Å². The van der Waals surface area contributed by atoms with Gasteiger partial charge < -0.3 is 24.5 Å². The normalized spacial score (nSPS) is 12.0. The quantitative estimate of drug-likeness (QED) is 0.356. The van der Waals surface area contributed by atoms with Gasteiger partial charge >= 0.3 is 5.97 Å². The molecule has 176 valence electrons. The maximum Gasteiger partial charge on any atom is 0.344 e. The van der Waals surface area contributed by atoms with Crippen molar-refractivity contribution in [3.63, 3.8) is 0 Å². The number of nitrogens with one attached hydrogen (secondary N) is 2. The maximum atomic E-state index is 14.3. The van der Waals surface area contributed by atoms with E-state index in [1.807, 2.05) is 0 Å². The van der Waals surface area contributed by atoms with Crippen LogP contribution in [0.4, 0.5) is 8.78 Å². The van der Waals surface area contributed by atoms with E-state index >= 15 is 0 Å². The number of H-pyrrole nitrogens is 2. The summed E-state index contributed by atoms with van der Waals surface area (Å²) in [5.74, 6) is -3.71. The number of carboxylic acids is 1. The van der Waals surface area contributed by atoms with Gasteiger partial charge in [0.2, 0.25) is 5.82 Å². The highest BCUT2D eigenvalue weighted by Gasteiger charge is 2.22. The zero-order valence-corrected chi connectivity index (χ0v) is 18.2. The number of halogens is 2.